The molecule has 0 heterocycles. The molecule has 1 saturated carbocycles. The van der Waals surface area contributed by atoms with Crippen molar-refractivity contribution in [3.8, 4) is 0 Å². The predicted octanol–water partition coefficient (Wildman–Crippen LogP) is 3.71. The lowest BCUT2D eigenvalue weighted by Gasteiger charge is -2.31. The second-order valence-electron chi connectivity index (χ2n) is 9.28. The van der Waals surface area contributed by atoms with Crippen LogP contribution in [0.15, 0.2) is 72.8 Å². The predicted molar refractivity (Wildman–Crippen MR) is 134 cm³/mol. The molecule has 0 aromatic heterocycles. The van der Waals surface area contributed by atoms with Gasteiger partial charge in [0.25, 0.3) is 0 Å². The topological polar surface area (TPSA) is 133 Å². The van der Waals surface area contributed by atoms with E-state index in [0.717, 1.165) is 16.3 Å². The summed E-state index contributed by atoms with van der Waals surface area (Å²) in [6.07, 6.45) is 0.290. The van der Waals surface area contributed by atoms with E-state index in [1.54, 1.807) is 6.07 Å². The largest absolute Gasteiger partial charge is 0.481 e. The molecule has 4 N–H and O–H groups in total. The number of fused-ring (bicyclic) bond motifs is 1. The van der Waals surface area contributed by atoms with E-state index in [9.17, 15) is 29.4 Å². The van der Waals surface area contributed by atoms with Crippen molar-refractivity contribution in [3.05, 3.63) is 78.4 Å². The quantitative estimate of drug-likeness (QED) is 0.382. The van der Waals surface area contributed by atoms with E-state index in [1.165, 1.54) is 0 Å². The van der Waals surface area contributed by atoms with Crippen LogP contribution in [0, 0.1) is 17.8 Å². The number of hydrogen-bond acceptors (Lipinski definition) is 4. The van der Waals surface area contributed by atoms with Gasteiger partial charge in [0.05, 0.1) is 11.8 Å². The zero-order chi connectivity index (χ0) is 25.7. The summed E-state index contributed by atoms with van der Waals surface area (Å²) in [5.41, 5.74) is 1.42. The number of hydrogen-bond donors (Lipinski definition) is 4. The third-order valence-corrected chi connectivity index (χ3v) is 6.71. The van der Waals surface area contributed by atoms with Crippen LogP contribution in [-0.2, 0) is 25.6 Å². The Morgan fingerprint density at radius 1 is 0.750 bits per heavy atom. The zero-order valence-electron chi connectivity index (χ0n) is 19.6. The van der Waals surface area contributed by atoms with Crippen molar-refractivity contribution >= 4 is 40.2 Å². The number of nitrogens with one attached hydrogen (secondary N) is 2. The number of rotatable bonds is 8. The van der Waals surface area contributed by atoms with Crippen LogP contribution in [-0.4, -0.2) is 40.0 Å². The molecule has 1 aliphatic carbocycles. The second kappa shape index (κ2) is 11.0. The maximum Gasteiger partial charge on any atom is 0.306 e. The SMILES string of the molecule is O=C(O)[C@@H]1C[C@H](C(=O)O)C[C@H](C(=O)N[C@@H](Cc2ccccc2)C(=O)Nc2ccc3ccccc3c2)C1. The molecule has 8 heteroatoms. The van der Waals surface area contributed by atoms with Gasteiger partial charge < -0.3 is 20.8 Å². The van der Waals surface area contributed by atoms with Gasteiger partial charge in [-0.25, -0.2) is 0 Å². The van der Waals surface area contributed by atoms with Crippen molar-refractivity contribution < 1.29 is 29.4 Å². The van der Waals surface area contributed by atoms with E-state index in [2.05, 4.69) is 10.6 Å². The van der Waals surface area contributed by atoms with Crippen LogP contribution in [0.1, 0.15) is 24.8 Å². The Hall–Kier alpha value is -4.20. The van der Waals surface area contributed by atoms with Crippen molar-refractivity contribution in [1.29, 1.82) is 0 Å². The van der Waals surface area contributed by atoms with E-state index >= 15 is 0 Å². The van der Waals surface area contributed by atoms with E-state index in [4.69, 9.17) is 0 Å². The fourth-order valence-corrected chi connectivity index (χ4v) is 4.78. The summed E-state index contributed by atoms with van der Waals surface area (Å²) in [6, 6.07) is 21.6. The Morgan fingerprint density at radius 2 is 1.33 bits per heavy atom. The monoisotopic (exact) mass is 488 g/mol. The van der Waals surface area contributed by atoms with Crippen LogP contribution in [0.25, 0.3) is 10.8 Å². The molecule has 1 fully saturated rings. The molecular formula is C28H28N2O6. The minimum Gasteiger partial charge on any atom is -0.481 e. The van der Waals surface area contributed by atoms with Crippen molar-refractivity contribution in [2.24, 2.45) is 17.8 Å². The minimum absolute atomic E-state index is 0.00958. The summed E-state index contributed by atoms with van der Waals surface area (Å²) in [5, 5.41) is 26.5. The molecule has 36 heavy (non-hydrogen) atoms. The number of carboxylic acids is 2. The van der Waals surface area contributed by atoms with Crippen molar-refractivity contribution in [2.75, 3.05) is 5.32 Å². The first-order valence-corrected chi connectivity index (χ1v) is 11.9. The Kier molecular flexibility index (Phi) is 7.63. The molecule has 4 rings (SSSR count). The maximum atomic E-state index is 13.3. The van der Waals surface area contributed by atoms with Gasteiger partial charge >= 0.3 is 11.9 Å². The molecule has 186 valence electrons. The number of carbonyl (C=O) groups excluding carboxylic acids is 2. The van der Waals surface area contributed by atoms with Gasteiger partial charge in [-0.2, -0.15) is 0 Å². The van der Waals surface area contributed by atoms with Gasteiger partial charge in [-0.1, -0.05) is 60.7 Å². The molecule has 4 atom stereocenters. The molecule has 2 amide bonds. The van der Waals surface area contributed by atoms with Crippen molar-refractivity contribution in [2.45, 2.75) is 31.7 Å². The van der Waals surface area contributed by atoms with Crippen LogP contribution in [0.4, 0.5) is 5.69 Å². The Morgan fingerprint density at radius 3 is 1.97 bits per heavy atom. The van der Waals surface area contributed by atoms with Gasteiger partial charge in [-0.05, 0) is 47.7 Å². The van der Waals surface area contributed by atoms with Crippen LogP contribution >= 0.6 is 0 Å². The first kappa shape index (κ1) is 24.9. The summed E-state index contributed by atoms with van der Waals surface area (Å²) in [6.45, 7) is 0. The summed E-state index contributed by atoms with van der Waals surface area (Å²) < 4.78 is 0. The minimum atomic E-state index is -1.12. The number of anilines is 1. The van der Waals surface area contributed by atoms with Crippen LogP contribution in [0.5, 0.6) is 0 Å². The molecule has 3 aromatic rings. The highest BCUT2D eigenvalue weighted by Crippen LogP contribution is 2.34. The highest BCUT2D eigenvalue weighted by Gasteiger charge is 2.40. The lowest BCUT2D eigenvalue weighted by molar-refractivity contribution is -0.150. The van der Waals surface area contributed by atoms with Gasteiger partial charge in [0.1, 0.15) is 6.04 Å². The van der Waals surface area contributed by atoms with Gasteiger partial charge in [0.2, 0.25) is 11.8 Å². The highest BCUT2D eigenvalue weighted by molar-refractivity contribution is 5.99. The van der Waals surface area contributed by atoms with Gasteiger partial charge in [-0.3, -0.25) is 19.2 Å². The fraction of sp³-hybridized carbons (Fsp3) is 0.286. The molecule has 3 aromatic carbocycles. The summed E-state index contributed by atoms with van der Waals surface area (Å²) in [7, 11) is 0. The number of benzene rings is 3. The average molecular weight is 489 g/mol. The highest BCUT2D eigenvalue weighted by atomic mass is 16.4. The maximum absolute atomic E-state index is 13.3. The molecular weight excluding hydrogens is 460 g/mol. The number of carbonyl (C=O) groups is 4. The normalized spacial score (nSPS) is 20.3. The Bertz CT molecular complexity index is 1250. The first-order valence-electron chi connectivity index (χ1n) is 11.9. The van der Waals surface area contributed by atoms with Crippen molar-refractivity contribution in [3.63, 3.8) is 0 Å². The molecule has 1 aliphatic rings. The lowest BCUT2D eigenvalue weighted by atomic mass is 9.74. The molecule has 8 nitrogen and oxygen atoms in total. The van der Waals surface area contributed by atoms with E-state index in [-0.39, 0.29) is 25.7 Å². The third-order valence-electron chi connectivity index (χ3n) is 6.71. The fourth-order valence-electron chi connectivity index (χ4n) is 4.78. The van der Waals surface area contributed by atoms with Gasteiger partial charge in [-0.15, -0.1) is 0 Å². The van der Waals surface area contributed by atoms with E-state index in [1.807, 2.05) is 66.7 Å². The summed E-state index contributed by atoms with van der Waals surface area (Å²) >= 11 is 0. The first-order chi connectivity index (χ1) is 17.3. The Labute approximate surface area is 208 Å². The number of aliphatic carboxylic acids is 2. The number of amides is 2. The van der Waals surface area contributed by atoms with Crippen molar-refractivity contribution in [1.82, 2.24) is 5.32 Å². The molecule has 0 aliphatic heterocycles. The zero-order valence-corrected chi connectivity index (χ0v) is 19.6. The lowest BCUT2D eigenvalue weighted by Crippen LogP contribution is -2.49. The summed E-state index contributed by atoms with van der Waals surface area (Å²) in [5.74, 6) is -5.82. The molecule has 0 unspecified atom stereocenters. The second-order valence-corrected chi connectivity index (χ2v) is 9.28. The summed E-state index contributed by atoms with van der Waals surface area (Å²) in [4.78, 5) is 49.6. The molecule has 0 radical (unpaired) electrons. The van der Waals surface area contributed by atoms with Crippen LogP contribution in [0.3, 0.4) is 0 Å². The molecule has 0 saturated heterocycles. The number of carboxylic acid groups (broad SMARTS) is 2. The van der Waals surface area contributed by atoms with E-state index < -0.39 is 47.5 Å². The standard InChI is InChI=1S/C28H28N2O6/c31-25(20-13-21(27(33)34)15-22(14-20)28(35)36)30-24(12-17-6-2-1-3-7-17)26(32)29-23-11-10-18-8-4-5-9-19(18)16-23/h1-11,16,20-22,24H,12-15H2,(H,29,32)(H,30,31)(H,33,34)(H,35,36)/t20-,21+,22-,24-/m0/s1. The Balaban J connectivity index is 1.53. The van der Waals surface area contributed by atoms with E-state index in [0.29, 0.717) is 5.69 Å². The van der Waals surface area contributed by atoms with Crippen LogP contribution in [0.2, 0.25) is 0 Å². The van der Waals surface area contributed by atoms with Gasteiger partial charge in [0, 0.05) is 18.0 Å². The van der Waals surface area contributed by atoms with Gasteiger partial charge in [0.15, 0.2) is 0 Å². The average Bonchev–Trinajstić information content (AvgIpc) is 2.88. The third kappa shape index (κ3) is 6.07. The molecule has 0 bridgehead atoms. The smallest absolute Gasteiger partial charge is 0.306 e. The molecule has 0 spiro atoms. The van der Waals surface area contributed by atoms with Crippen LogP contribution < -0.4 is 10.6 Å².